The van der Waals surface area contributed by atoms with Gasteiger partial charge in [-0.15, -0.1) is 11.3 Å². The monoisotopic (exact) mass is 234 g/mol. The largest absolute Gasteiger partial charge is 0.329 e. The summed E-state index contributed by atoms with van der Waals surface area (Å²) in [5, 5.41) is 1.96. The summed E-state index contributed by atoms with van der Waals surface area (Å²) in [7, 11) is 0. The number of aldehydes is 1. The number of nitrogens with zero attached hydrogens (tertiary/aromatic N) is 2. The highest BCUT2D eigenvalue weighted by atomic mass is 32.1. The minimum absolute atomic E-state index is 0.319. The van der Waals surface area contributed by atoms with Crippen LogP contribution in [-0.2, 0) is 9.59 Å². The number of Topliss-reactive ketones (excluding diaryl/α,β-unsaturated/α-hetero) is 1. The quantitative estimate of drug-likeness (QED) is 0.581. The third kappa shape index (κ3) is 1.94. The Morgan fingerprint density at radius 1 is 1.69 bits per heavy atom. The van der Waals surface area contributed by atoms with E-state index in [2.05, 4.69) is 11.6 Å². The van der Waals surface area contributed by atoms with E-state index in [1.165, 1.54) is 0 Å². The SMILES string of the molecule is C=C(c1cccs1)N1C=NC(C(=O)C=O)C1. The first-order valence-electron chi connectivity index (χ1n) is 4.74. The fourth-order valence-corrected chi connectivity index (χ4v) is 2.16. The fourth-order valence-electron chi connectivity index (χ4n) is 1.45. The molecule has 1 atom stereocenters. The van der Waals surface area contributed by atoms with Crippen LogP contribution in [0.2, 0.25) is 0 Å². The van der Waals surface area contributed by atoms with Crippen molar-refractivity contribution in [3.63, 3.8) is 0 Å². The van der Waals surface area contributed by atoms with Gasteiger partial charge in [0.1, 0.15) is 6.04 Å². The zero-order valence-electron chi connectivity index (χ0n) is 8.50. The minimum Gasteiger partial charge on any atom is -0.329 e. The van der Waals surface area contributed by atoms with Gasteiger partial charge in [0.2, 0.25) is 5.78 Å². The molecule has 2 heterocycles. The summed E-state index contributed by atoms with van der Waals surface area (Å²) in [6.45, 7) is 4.34. The standard InChI is InChI=1S/C11H10N2O2S/c1-8(11-3-2-4-16-11)13-5-9(12-7-13)10(15)6-14/h2-4,6-7,9H,1,5H2. The van der Waals surface area contributed by atoms with Gasteiger partial charge in [-0.1, -0.05) is 12.6 Å². The van der Waals surface area contributed by atoms with Gasteiger partial charge in [0.25, 0.3) is 0 Å². The lowest BCUT2D eigenvalue weighted by Gasteiger charge is -2.16. The van der Waals surface area contributed by atoms with Gasteiger partial charge in [0.15, 0.2) is 6.29 Å². The van der Waals surface area contributed by atoms with Crippen molar-refractivity contribution < 1.29 is 9.59 Å². The molecule has 0 saturated heterocycles. The molecule has 0 N–H and O–H groups in total. The van der Waals surface area contributed by atoms with Crippen LogP contribution >= 0.6 is 11.3 Å². The van der Waals surface area contributed by atoms with Gasteiger partial charge in [-0.3, -0.25) is 14.6 Å². The highest BCUT2D eigenvalue weighted by Crippen LogP contribution is 2.23. The van der Waals surface area contributed by atoms with E-state index < -0.39 is 11.8 Å². The van der Waals surface area contributed by atoms with E-state index in [1.54, 1.807) is 22.6 Å². The maximum absolute atomic E-state index is 11.1. The third-order valence-electron chi connectivity index (χ3n) is 2.35. The number of carbonyl (C=O) groups excluding carboxylic acids is 2. The molecule has 0 fully saturated rings. The van der Waals surface area contributed by atoms with Crippen molar-refractivity contribution in [1.29, 1.82) is 0 Å². The van der Waals surface area contributed by atoms with Crippen molar-refractivity contribution >= 4 is 35.4 Å². The average molecular weight is 234 g/mol. The molecule has 1 aromatic heterocycles. The van der Waals surface area contributed by atoms with Crippen LogP contribution in [0.25, 0.3) is 5.70 Å². The maximum Gasteiger partial charge on any atom is 0.221 e. The Balaban J connectivity index is 2.05. The number of hydrogen-bond acceptors (Lipinski definition) is 5. The van der Waals surface area contributed by atoms with Crippen LogP contribution in [0.4, 0.5) is 0 Å². The topological polar surface area (TPSA) is 49.7 Å². The van der Waals surface area contributed by atoms with Crippen LogP contribution in [0.1, 0.15) is 4.88 Å². The molecule has 1 aliphatic rings. The number of thiophene rings is 1. The van der Waals surface area contributed by atoms with E-state index in [0.717, 1.165) is 10.6 Å². The number of rotatable bonds is 4. The highest BCUT2D eigenvalue weighted by Gasteiger charge is 2.25. The number of carbonyl (C=O) groups is 2. The molecule has 0 saturated carbocycles. The second-order valence-electron chi connectivity index (χ2n) is 3.38. The Bertz CT molecular complexity index is 451. The fraction of sp³-hybridized carbons (Fsp3) is 0.182. The Labute approximate surface area is 96.9 Å². The van der Waals surface area contributed by atoms with Crippen LogP contribution in [0.15, 0.2) is 29.1 Å². The van der Waals surface area contributed by atoms with E-state index in [-0.39, 0.29) is 0 Å². The predicted octanol–water partition coefficient (Wildman–Crippen LogP) is 1.20. The van der Waals surface area contributed by atoms with Crippen LogP contribution in [0, 0.1) is 0 Å². The molecule has 0 spiro atoms. The van der Waals surface area contributed by atoms with Crippen molar-refractivity contribution in [2.75, 3.05) is 6.54 Å². The first kappa shape index (κ1) is 10.8. The molecule has 16 heavy (non-hydrogen) atoms. The third-order valence-corrected chi connectivity index (χ3v) is 3.27. The van der Waals surface area contributed by atoms with Gasteiger partial charge in [0.05, 0.1) is 23.5 Å². The van der Waals surface area contributed by atoms with Crippen molar-refractivity contribution in [1.82, 2.24) is 4.90 Å². The lowest BCUT2D eigenvalue weighted by molar-refractivity contribution is -0.130. The van der Waals surface area contributed by atoms with Gasteiger partial charge < -0.3 is 4.90 Å². The van der Waals surface area contributed by atoms with Gasteiger partial charge in [-0.25, -0.2) is 0 Å². The molecule has 0 aliphatic carbocycles. The molecule has 0 bridgehead atoms. The molecular formula is C11H10N2O2S. The Morgan fingerprint density at radius 3 is 3.12 bits per heavy atom. The molecule has 2 rings (SSSR count). The van der Waals surface area contributed by atoms with Gasteiger partial charge in [0, 0.05) is 0 Å². The summed E-state index contributed by atoms with van der Waals surface area (Å²) in [6, 6.07) is 3.32. The van der Waals surface area contributed by atoms with Crippen LogP contribution in [0.3, 0.4) is 0 Å². The predicted molar refractivity (Wildman–Crippen MR) is 63.4 cm³/mol. The van der Waals surface area contributed by atoms with Crippen molar-refractivity contribution in [2.24, 2.45) is 4.99 Å². The molecule has 4 nitrogen and oxygen atoms in total. The number of hydrogen-bond donors (Lipinski definition) is 0. The lowest BCUT2D eigenvalue weighted by atomic mass is 10.2. The smallest absolute Gasteiger partial charge is 0.221 e. The van der Waals surface area contributed by atoms with E-state index in [4.69, 9.17) is 0 Å². The van der Waals surface area contributed by atoms with Gasteiger partial charge >= 0.3 is 0 Å². The molecule has 1 aromatic rings. The highest BCUT2D eigenvalue weighted by molar-refractivity contribution is 7.11. The summed E-state index contributed by atoms with van der Waals surface area (Å²) in [5.74, 6) is -0.488. The van der Waals surface area contributed by atoms with Crippen LogP contribution < -0.4 is 0 Å². The average Bonchev–Trinajstić information content (AvgIpc) is 2.97. The number of ketones is 1. The summed E-state index contributed by atoms with van der Waals surface area (Å²) in [6.07, 6.45) is 1.88. The minimum atomic E-state index is -0.575. The molecular weight excluding hydrogens is 224 g/mol. The lowest BCUT2D eigenvalue weighted by Crippen LogP contribution is -2.27. The van der Waals surface area contributed by atoms with E-state index >= 15 is 0 Å². The van der Waals surface area contributed by atoms with Gasteiger partial charge in [-0.05, 0) is 11.4 Å². The summed E-state index contributed by atoms with van der Waals surface area (Å²) in [5.41, 5.74) is 0.806. The number of aliphatic imine (C=N–C) groups is 1. The molecule has 0 aromatic carbocycles. The van der Waals surface area contributed by atoms with E-state index in [9.17, 15) is 9.59 Å². The van der Waals surface area contributed by atoms with Crippen molar-refractivity contribution in [3.05, 3.63) is 29.0 Å². The molecule has 1 aliphatic heterocycles. The maximum atomic E-state index is 11.1. The molecule has 0 amide bonds. The van der Waals surface area contributed by atoms with Crippen molar-refractivity contribution in [3.8, 4) is 0 Å². The summed E-state index contributed by atoms with van der Waals surface area (Å²) in [4.78, 5) is 28.3. The molecule has 5 heteroatoms. The zero-order chi connectivity index (χ0) is 11.5. The van der Waals surface area contributed by atoms with Gasteiger partial charge in [-0.2, -0.15) is 0 Å². The van der Waals surface area contributed by atoms with E-state index in [1.807, 2.05) is 17.5 Å². The normalized spacial score (nSPS) is 18.8. The van der Waals surface area contributed by atoms with E-state index in [0.29, 0.717) is 12.8 Å². The Hall–Kier alpha value is -1.75. The first-order valence-corrected chi connectivity index (χ1v) is 5.62. The second-order valence-corrected chi connectivity index (χ2v) is 4.32. The van der Waals surface area contributed by atoms with Crippen LogP contribution in [-0.4, -0.2) is 35.9 Å². The second kappa shape index (κ2) is 4.40. The molecule has 82 valence electrons. The Morgan fingerprint density at radius 2 is 2.50 bits per heavy atom. The molecule has 0 radical (unpaired) electrons. The molecule has 1 unspecified atom stereocenters. The Kier molecular flexibility index (Phi) is 2.96. The van der Waals surface area contributed by atoms with Crippen molar-refractivity contribution in [2.45, 2.75) is 6.04 Å². The first-order chi connectivity index (χ1) is 7.72. The van der Waals surface area contributed by atoms with Crippen LogP contribution in [0.5, 0.6) is 0 Å². The summed E-state index contributed by atoms with van der Waals surface area (Å²) < 4.78 is 0. The summed E-state index contributed by atoms with van der Waals surface area (Å²) >= 11 is 1.58. The zero-order valence-corrected chi connectivity index (χ0v) is 9.31.